The van der Waals surface area contributed by atoms with Crippen molar-refractivity contribution in [1.82, 2.24) is 10.3 Å². The van der Waals surface area contributed by atoms with Gasteiger partial charge in [-0.25, -0.2) is 0 Å². The summed E-state index contributed by atoms with van der Waals surface area (Å²) < 4.78 is 0. The van der Waals surface area contributed by atoms with Crippen molar-refractivity contribution in [1.29, 1.82) is 0 Å². The van der Waals surface area contributed by atoms with Crippen molar-refractivity contribution >= 4 is 17.7 Å². The average molecular weight is 297 g/mol. The minimum absolute atomic E-state index is 0.00807. The third-order valence-electron chi connectivity index (χ3n) is 3.05. The molecule has 1 N–H and O–H groups in total. The largest absolute Gasteiger partial charge is 0.346 e. The van der Waals surface area contributed by atoms with Crippen LogP contribution in [0.25, 0.3) is 6.08 Å². The normalized spacial score (nSPS) is 12.0. The van der Waals surface area contributed by atoms with Gasteiger partial charge in [-0.2, -0.15) is 0 Å². The van der Waals surface area contributed by atoms with Gasteiger partial charge in [-0.05, 0) is 30.2 Å². The first-order valence-electron chi connectivity index (χ1n) is 6.69. The van der Waals surface area contributed by atoms with Gasteiger partial charge in [0, 0.05) is 30.6 Å². The molecule has 1 heterocycles. The van der Waals surface area contributed by atoms with Crippen LogP contribution in [0.4, 0.5) is 5.69 Å². The fraction of sp³-hybridized carbons (Fsp3) is 0.125. The van der Waals surface area contributed by atoms with E-state index in [-0.39, 0.29) is 17.6 Å². The van der Waals surface area contributed by atoms with Gasteiger partial charge in [0.1, 0.15) is 0 Å². The number of rotatable bonds is 5. The molecule has 1 amide bonds. The number of nitrogens with one attached hydrogen (secondary N) is 1. The number of carbonyl (C=O) groups is 1. The number of hydrogen-bond acceptors (Lipinski definition) is 4. The molecule has 1 unspecified atom stereocenters. The Kier molecular flexibility index (Phi) is 4.98. The Balaban J connectivity index is 2.00. The maximum absolute atomic E-state index is 11.9. The lowest BCUT2D eigenvalue weighted by atomic mass is 10.1. The number of aromatic nitrogens is 1. The second kappa shape index (κ2) is 7.12. The maximum atomic E-state index is 11.9. The molecule has 6 heteroatoms. The highest BCUT2D eigenvalue weighted by Gasteiger charge is 2.07. The molecule has 0 aliphatic heterocycles. The first-order valence-corrected chi connectivity index (χ1v) is 6.69. The van der Waals surface area contributed by atoms with E-state index in [0.29, 0.717) is 5.56 Å². The minimum Gasteiger partial charge on any atom is -0.346 e. The molecule has 1 aromatic heterocycles. The van der Waals surface area contributed by atoms with Crippen LogP contribution < -0.4 is 5.32 Å². The van der Waals surface area contributed by atoms with Gasteiger partial charge in [-0.3, -0.25) is 19.9 Å². The molecule has 0 spiro atoms. The summed E-state index contributed by atoms with van der Waals surface area (Å²) in [5, 5.41) is 13.5. The second-order valence-electron chi connectivity index (χ2n) is 4.70. The lowest BCUT2D eigenvalue weighted by Gasteiger charge is -2.11. The number of hydrogen-bond donors (Lipinski definition) is 1. The van der Waals surface area contributed by atoms with Gasteiger partial charge in [-0.1, -0.05) is 18.2 Å². The SMILES string of the molecule is CC(NC(=O)/C=C/c1cccc([N+](=O)[O-])c1)c1cccnc1. The van der Waals surface area contributed by atoms with Gasteiger partial charge < -0.3 is 5.32 Å². The van der Waals surface area contributed by atoms with Gasteiger partial charge in [0.15, 0.2) is 0 Å². The summed E-state index contributed by atoms with van der Waals surface area (Å²) >= 11 is 0. The molecule has 0 fully saturated rings. The van der Waals surface area contributed by atoms with Crippen LogP contribution in [0.3, 0.4) is 0 Å². The highest BCUT2D eigenvalue weighted by molar-refractivity contribution is 5.92. The maximum Gasteiger partial charge on any atom is 0.270 e. The zero-order chi connectivity index (χ0) is 15.9. The summed E-state index contributed by atoms with van der Waals surface area (Å²) in [4.78, 5) is 26.1. The van der Waals surface area contributed by atoms with Gasteiger partial charge in [0.2, 0.25) is 5.91 Å². The summed E-state index contributed by atoms with van der Waals surface area (Å²) in [7, 11) is 0. The fourth-order valence-electron chi connectivity index (χ4n) is 1.89. The quantitative estimate of drug-likeness (QED) is 0.522. The number of benzene rings is 1. The number of nitro benzene ring substituents is 1. The van der Waals surface area contributed by atoms with Crippen LogP contribution in [0.15, 0.2) is 54.9 Å². The molecule has 0 saturated carbocycles. The van der Waals surface area contributed by atoms with Crippen molar-refractivity contribution in [2.75, 3.05) is 0 Å². The number of pyridine rings is 1. The first kappa shape index (κ1) is 15.4. The molecule has 0 bridgehead atoms. The van der Waals surface area contributed by atoms with E-state index in [9.17, 15) is 14.9 Å². The summed E-state index contributed by atoms with van der Waals surface area (Å²) in [6, 6.07) is 9.60. The molecule has 22 heavy (non-hydrogen) atoms. The lowest BCUT2D eigenvalue weighted by molar-refractivity contribution is -0.384. The van der Waals surface area contributed by atoms with Gasteiger partial charge in [0.25, 0.3) is 5.69 Å². The van der Waals surface area contributed by atoms with Gasteiger partial charge in [0.05, 0.1) is 11.0 Å². The van der Waals surface area contributed by atoms with Gasteiger partial charge in [-0.15, -0.1) is 0 Å². The molecular weight excluding hydrogens is 282 g/mol. The zero-order valence-corrected chi connectivity index (χ0v) is 12.0. The number of nitrogens with zero attached hydrogens (tertiary/aromatic N) is 2. The first-order chi connectivity index (χ1) is 10.6. The van der Waals surface area contributed by atoms with Crippen LogP contribution in [0, 0.1) is 10.1 Å². The Hall–Kier alpha value is -3.02. The third kappa shape index (κ3) is 4.24. The molecule has 112 valence electrons. The van der Waals surface area contributed by atoms with E-state index in [2.05, 4.69) is 10.3 Å². The zero-order valence-electron chi connectivity index (χ0n) is 12.0. The van der Waals surface area contributed by atoms with E-state index in [4.69, 9.17) is 0 Å². The molecule has 0 aliphatic rings. The monoisotopic (exact) mass is 297 g/mol. The molecule has 0 saturated heterocycles. The van der Waals surface area contributed by atoms with E-state index in [0.717, 1.165) is 5.56 Å². The smallest absolute Gasteiger partial charge is 0.270 e. The van der Waals surface area contributed by atoms with E-state index < -0.39 is 4.92 Å². The predicted molar refractivity (Wildman–Crippen MR) is 82.9 cm³/mol. The van der Waals surface area contributed by atoms with Crippen molar-refractivity contribution in [2.24, 2.45) is 0 Å². The third-order valence-corrected chi connectivity index (χ3v) is 3.05. The van der Waals surface area contributed by atoms with Crippen molar-refractivity contribution < 1.29 is 9.72 Å². The summed E-state index contributed by atoms with van der Waals surface area (Å²) in [5.41, 5.74) is 1.49. The Morgan fingerprint density at radius 2 is 2.18 bits per heavy atom. The van der Waals surface area contributed by atoms with Crippen LogP contribution >= 0.6 is 0 Å². The standard InChI is InChI=1S/C16H15N3O3/c1-12(14-5-3-9-17-11-14)18-16(20)8-7-13-4-2-6-15(10-13)19(21)22/h2-12H,1H3,(H,18,20)/b8-7+. The molecule has 0 radical (unpaired) electrons. The highest BCUT2D eigenvalue weighted by Crippen LogP contribution is 2.14. The van der Waals surface area contributed by atoms with Crippen LogP contribution in [0.5, 0.6) is 0 Å². The second-order valence-corrected chi connectivity index (χ2v) is 4.70. The van der Waals surface area contributed by atoms with Crippen LogP contribution in [0.1, 0.15) is 24.1 Å². The Morgan fingerprint density at radius 1 is 1.36 bits per heavy atom. The molecule has 2 aromatic rings. The highest BCUT2D eigenvalue weighted by atomic mass is 16.6. The van der Waals surface area contributed by atoms with Gasteiger partial charge >= 0.3 is 0 Å². The predicted octanol–water partition coefficient (Wildman–Crippen LogP) is 2.88. The number of non-ortho nitro benzene ring substituents is 1. The Labute approximate surface area is 127 Å². The topological polar surface area (TPSA) is 85.1 Å². The average Bonchev–Trinajstić information content (AvgIpc) is 2.54. The fourth-order valence-corrected chi connectivity index (χ4v) is 1.89. The molecule has 1 aromatic carbocycles. The summed E-state index contributed by atoms with van der Waals surface area (Å²) in [6.45, 7) is 1.86. The number of amides is 1. The van der Waals surface area contributed by atoms with Crippen molar-refractivity contribution in [3.8, 4) is 0 Å². The van der Waals surface area contributed by atoms with Crippen molar-refractivity contribution in [3.63, 3.8) is 0 Å². The Bertz CT molecular complexity index is 699. The minimum atomic E-state index is -0.470. The Morgan fingerprint density at radius 3 is 2.86 bits per heavy atom. The van der Waals surface area contributed by atoms with E-state index in [1.165, 1.54) is 24.3 Å². The van der Waals surface area contributed by atoms with E-state index >= 15 is 0 Å². The van der Waals surface area contributed by atoms with Crippen molar-refractivity contribution in [3.05, 3.63) is 76.1 Å². The van der Waals surface area contributed by atoms with Crippen LogP contribution in [-0.4, -0.2) is 15.8 Å². The molecule has 6 nitrogen and oxygen atoms in total. The van der Waals surface area contributed by atoms with Crippen LogP contribution in [-0.2, 0) is 4.79 Å². The molecule has 1 atom stereocenters. The number of nitro groups is 1. The lowest BCUT2D eigenvalue weighted by Crippen LogP contribution is -2.24. The number of carbonyl (C=O) groups excluding carboxylic acids is 1. The van der Waals surface area contributed by atoms with Crippen molar-refractivity contribution in [2.45, 2.75) is 13.0 Å². The summed E-state index contributed by atoms with van der Waals surface area (Å²) in [6.07, 6.45) is 6.25. The molecule has 0 aliphatic carbocycles. The van der Waals surface area contributed by atoms with E-state index in [1.54, 1.807) is 30.6 Å². The van der Waals surface area contributed by atoms with E-state index in [1.807, 2.05) is 13.0 Å². The summed E-state index contributed by atoms with van der Waals surface area (Å²) in [5.74, 6) is -0.275. The molecular formula is C16H15N3O3. The van der Waals surface area contributed by atoms with Crippen LogP contribution in [0.2, 0.25) is 0 Å². The molecule has 2 rings (SSSR count).